The molecule has 1 unspecified atom stereocenters. The molecule has 0 bridgehead atoms. The van der Waals surface area contributed by atoms with Gasteiger partial charge in [0.15, 0.2) is 5.82 Å². The van der Waals surface area contributed by atoms with Crippen molar-refractivity contribution < 1.29 is 14.1 Å². The molecule has 1 aliphatic rings. The van der Waals surface area contributed by atoms with Crippen molar-refractivity contribution in [2.24, 2.45) is 0 Å². The molecule has 0 saturated carbocycles. The molecule has 1 saturated heterocycles. The highest BCUT2D eigenvalue weighted by atomic mass is 16.5. The Morgan fingerprint density at radius 2 is 1.81 bits per heavy atom. The second-order valence-corrected chi connectivity index (χ2v) is 7.96. The zero-order chi connectivity index (χ0) is 22.3. The Bertz CT molecular complexity index is 1040. The Morgan fingerprint density at radius 3 is 2.53 bits per heavy atom. The van der Waals surface area contributed by atoms with E-state index in [0.717, 1.165) is 18.4 Å². The Labute approximate surface area is 188 Å². The van der Waals surface area contributed by atoms with Gasteiger partial charge in [0, 0.05) is 38.0 Å². The second kappa shape index (κ2) is 10.2. The molecule has 1 aliphatic heterocycles. The van der Waals surface area contributed by atoms with E-state index in [0.29, 0.717) is 49.8 Å². The molecule has 2 amide bonds. The van der Waals surface area contributed by atoms with Gasteiger partial charge in [-0.25, -0.2) is 0 Å². The molecule has 0 radical (unpaired) electrons. The summed E-state index contributed by atoms with van der Waals surface area (Å²) < 4.78 is 5.42. The standard InChI is InChI=1S/C25H28N4O3/c1-2-28(18-19-10-5-3-6-11-19)23(30)16-15-22-26-24(27-32-22)21-14-9-17-29(21)25(31)20-12-7-4-8-13-20/h3-8,10-13,21H,2,9,14-18H2,1H3. The van der Waals surface area contributed by atoms with E-state index < -0.39 is 0 Å². The van der Waals surface area contributed by atoms with Gasteiger partial charge in [-0.05, 0) is 37.5 Å². The third-order valence-electron chi connectivity index (χ3n) is 5.82. The molecule has 7 nitrogen and oxygen atoms in total. The van der Waals surface area contributed by atoms with E-state index in [1.54, 1.807) is 0 Å². The molecule has 0 spiro atoms. The number of hydrogen-bond donors (Lipinski definition) is 0. The van der Waals surface area contributed by atoms with Gasteiger partial charge >= 0.3 is 0 Å². The van der Waals surface area contributed by atoms with Crippen LogP contribution in [0.2, 0.25) is 0 Å². The van der Waals surface area contributed by atoms with Gasteiger partial charge in [0.2, 0.25) is 11.8 Å². The summed E-state index contributed by atoms with van der Waals surface area (Å²) in [4.78, 5) is 33.8. The van der Waals surface area contributed by atoms with Crippen LogP contribution < -0.4 is 0 Å². The average molecular weight is 433 g/mol. The molecule has 1 atom stereocenters. The molecule has 1 aromatic heterocycles. The molecule has 2 heterocycles. The first kappa shape index (κ1) is 21.7. The zero-order valence-electron chi connectivity index (χ0n) is 18.3. The molecule has 0 N–H and O–H groups in total. The number of rotatable bonds is 8. The smallest absolute Gasteiger partial charge is 0.254 e. The Hall–Kier alpha value is -3.48. The van der Waals surface area contributed by atoms with Crippen LogP contribution >= 0.6 is 0 Å². The largest absolute Gasteiger partial charge is 0.339 e. The van der Waals surface area contributed by atoms with Crippen LogP contribution in [0.25, 0.3) is 0 Å². The van der Waals surface area contributed by atoms with Gasteiger partial charge in [-0.2, -0.15) is 4.98 Å². The van der Waals surface area contributed by atoms with Crippen molar-refractivity contribution in [2.75, 3.05) is 13.1 Å². The summed E-state index contributed by atoms with van der Waals surface area (Å²) in [5.74, 6) is 0.987. The number of amides is 2. The third-order valence-corrected chi connectivity index (χ3v) is 5.82. The highest BCUT2D eigenvalue weighted by molar-refractivity contribution is 5.94. The molecule has 166 valence electrons. The Balaban J connectivity index is 1.36. The van der Waals surface area contributed by atoms with E-state index in [1.165, 1.54) is 0 Å². The van der Waals surface area contributed by atoms with Crippen molar-refractivity contribution in [3.63, 3.8) is 0 Å². The lowest BCUT2D eigenvalue weighted by molar-refractivity contribution is -0.131. The lowest BCUT2D eigenvalue weighted by atomic mass is 10.1. The Morgan fingerprint density at radius 1 is 1.09 bits per heavy atom. The van der Waals surface area contributed by atoms with Crippen LogP contribution in [0.1, 0.15) is 59.9 Å². The summed E-state index contributed by atoms with van der Waals surface area (Å²) in [6.45, 7) is 3.88. The SMILES string of the molecule is CCN(Cc1ccccc1)C(=O)CCc1nc(C2CCCN2C(=O)c2ccccc2)no1. The average Bonchev–Trinajstić information content (AvgIpc) is 3.51. The first-order valence-electron chi connectivity index (χ1n) is 11.2. The van der Waals surface area contributed by atoms with Crippen molar-refractivity contribution in [1.29, 1.82) is 0 Å². The summed E-state index contributed by atoms with van der Waals surface area (Å²) >= 11 is 0. The van der Waals surface area contributed by atoms with Crippen LogP contribution in [0.5, 0.6) is 0 Å². The minimum atomic E-state index is -0.193. The maximum Gasteiger partial charge on any atom is 0.254 e. The van der Waals surface area contributed by atoms with E-state index in [9.17, 15) is 9.59 Å². The maximum absolute atomic E-state index is 12.9. The lowest BCUT2D eigenvalue weighted by Crippen LogP contribution is -2.31. The van der Waals surface area contributed by atoms with Crippen LogP contribution in [0.3, 0.4) is 0 Å². The fraction of sp³-hybridized carbons (Fsp3) is 0.360. The van der Waals surface area contributed by atoms with Crippen molar-refractivity contribution in [1.82, 2.24) is 19.9 Å². The fourth-order valence-electron chi connectivity index (χ4n) is 4.08. The van der Waals surface area contributed by atoms with Gasteiger partial charge < -0.3 is 14.3 Å². The predicted molar refractivity (Wildman–Crippen MR) is 120 cm³/mol. The van der Waals surface area contributed by atoms with Gasteiger partial charge in [0.05, 0.1) is 6.04 Å². The van der Waals surface area contributed by atoms with Crippen molar-refractivity contribution in [2.45, 2.75) is 45.2 Å². The van der Waals surface area contributed by atoms with E-state index in [2.05, 4.69) is 10.1 Å². The van der Waals surface area contributed by atoms with Gasteiger partial charge in [-0.15, -0.1) is 0 Å². The van der Waals surface area contributed by atoms with Crippen LogP contribution in [0, 0.1) is 0 Å². The van der Waals surface area contributed by atoms with Crippen molar-refractivity contribution in [3.05, 3.63) is 83.5 Å². The van der Waals surface area contributed by atoms with Crippen LogP contribution in [0.15, 0.2) is 65.2 Å². The number of nitrogens with zero attached hydrogens (tertiary/aromatic N) is 4. The minimum absolute atomic E-state index is 0.0193. The molecule has 2 aromatic carbocycles. The topological polar surface area (TPSA) is 79.5 Å². The van der Waals surface area contributed by atoms with Crippen LogP contribution in [0.4, 0.5) is 0 Å². The highest BCUT2D eigenvalue weighted by Gasteiger charge is 2.33. The first-order chi connectivity index (χ1) is 15.7. The molecule has 1 fully saturated rings. The Kier molecular flexibility index (Phi) is 6.94. The zero-order valence-corrected chi connectivity index (χ0v) is 18.3. The van der Waals surface area contributed by atoms with E-state index in [1.807, 2.05) is 77.4 Å². The van der Waals surface area contributed by atoms with Gasteiger partial charge in [0.25, 0.3) is 5.91 Å². The van der Waals surface area contributed by atoms with Gasteiger partial charge in [-0.3, -0.25) is 9.59 Å². The minimum Gasteiger partial charge on any atom is -0.339 e. The molecule has 4 rings (SSSR count). The summed E-state index contributed by atoms with van der Waals surface area (Å²) in [7, 11) is 0. The number of carbonyl (C=O) groups excluding carboxylic acids is 2. The second-order valence-electron chi connectivity index (χ2n) is 7.96. The van der Waals surface area contributed by atoms with Gasteiger partial charge in [-0.1, -0.05) is 53.7 Å². The normalized spacial score (nSPS) is 15.7. The number of aryl methyl sites for hydroxylation is 1. The quantitative estimate of drug-likeness (QED) is 0.537. The van der Waals surface area contributed by atoms with E-state index in [-0.39, 0.29) is 17.9 Å². The van der Waals surface area contributed by atoms with Crippen LogP contribution in [-0.2, 0) is 17.8 Å². The lowest BCUT2D eigenvalue weighted by Gasteiger charge is -2.22. The number of benzene rings is 2. The molecular weight excluding hydrogens is 404 g/mol. The summed E-state index contributed by atoms with van der Waals surface area (Å²) in [5, 5.41) is 4.13. The number of carbonyl (C=O) groups is 2. The van der Waals surface area contributed by atoms with E-state index >= 15 is 0 Å². The summed E-state index contributed by atoms with van der Waals surface area (Å²) in [6, 6.07) is 19.0. The summed E-state index contributed by atoms with van der Waals surface area (Å²) in [5.41, 5.74) is 1.76. The molecular formula is C25H28N4O3. The molecule has 0 aliphatic carbocycles. The molecule has 7 heteroatoms. The number of likely N-dealkylation sites (tertiary alicyclic amines) is 1. The predicted octanol–water partition coefficient (Wildman–Crippen LogP) is 4.03. The van der Waals surface area contributed by atoms with E-state index in [4.69, 9.17) is 4.52 Å². The highest BCUT2D eigenvalue weighted by Crippen LogP contribution is 2.31. The monoisotopic (exact) mass is 432 g/mol. The summed E-state index contributed by atoms with van der Waals surface area (Å²) in [6.07, 6.45) is 2.39. The molecule has 32 heavy (non-hydrogen) atoms. The maximum atomic E-state index is 12.9. The number of hydrogen-bond acceptors (Lipinski definition) is 5. The number of aromatic nitrogens is 2. The van der Waals surface area contributed by atoms with Gasteiger partial charge in [0.1, 0.15) is 0 Å². The van der Waals surface area contributed by atoms with Crippen molar-refractivity contribution in [3.8, 4) is 0 Å². The molecule has 3 aromatic rings. The fourth-order valence-corrected chi connectivity index (χ4v) is 4.08. The first-order valence-corrected chi connectivity index (χ1v) is 11.2. The van der Waals surface area contributed by atoms with Crippen molar-refractivity contribution >= 4 is 11.8 Å². The van der Waals surface area contributed by atoms with Crippen LogP contribution in [-0.4, -0.2) is 44.8 Å². The third kappa shape index (κ3) is 5.04.